The molecule has 31 heavy (non-hydrogen) atoms. The van der Waals surface area contributed by atoms with Crippen LogP contribution < -0.4 is 20.7 Å². The number of halogens is 1. The van der Waals surface area contributed by atoms with Crippen LogP contribution in [0.3, 0.4) is 0 Å². The van der Waals surface area contributed by atoms with Crippen LogP contribution in [0.15, 0.2) is 30.3 Å². The van der Waals surface area contributed by atoms with Crippen LogP contribution in [0, 0.1) is 24.1 Å². The van der Waals surface area contributed by atoms with Gasteiger partial charge in [0, 0.05) is 18.2 Å². The summed E-state index contributed by atoms with van der Waals surface area (Å²) in [6, 6.07) is 8.81. The Morgan fingerprint density at radius 2 is 2.16 bits per heavy atom. The first-order valence-electron chi connectivity index (χ1n) is 9.50. The van der Waals surface area contributed by atoms with Gasteiger partial charge in [0.25, 0.3) is 5.91 Å². The highest BCUT2D eigenvalue weighted by atomic mass is 19.1. The second-order valence-electron chi connectivity index (χ2n) is 6.75. The molecule has 0 aromatic heterocycles. The van der Waals surface area contributed by atoms with E-state index in [9.17, 15) is 19.2 Å². The molecule has 0 bridgehead atoms. The molecule has 0 aliphatic carbocycles. The van der Waals surface area contributed by atoms with Gasteiger partial charge in [-0.2, -0.15) is 5.26 Å². The van der Waals surface area contributed by atoms with Gasteiger partial charge in [-0.15, -0.1) is 0 Å². The van der Waals surface area contributed by atoms with Crippen LogP contribution >= 0.6 is 0 Å². The summed E-state index contributed by atoms with van der Waals surface area (Å²) in [5.41, 5.74) is 2.90. The van der Waals surface area contributed by atoms with E-state index < -0.39 is 11.7 Å². The number of nitrogens with one attached hydrogen (secondary N) is 1. The van der Waals surface area contributed by atoms with E-state index in [1.807, 2.05) is 11.5 Å². The van der Waals surface area contributed by atoms with E-state index in [1.54, 1.807) is 11.8 Å². The first-order valence-corrected chi connectivity index (χ1v) is 9.50. The number of rotatable bonds is 8. The van der Waals surface area contributed by atoms with Crippen LogP contribution in [0.1, 0.15) is 27.9 Å². The molecule has 1 heterocycles. The second kappa shape index (κ2) is 9.77. The highest BCUT2D eigenvalue weighted by Crippen LogP contribution is 2.31. The number of hydrogen-bond donors (Lipinski definition) is 2. The lowest BCUT2D eigenvalue weighted by atomic mass is 10.0. The van der Waals surface area contributed by atoms with E-state index in [1.165, 1.54) is 24.3 Å². The van der Waals surface area contributed by atoms with Crippen molar-refractivity contribution < 1.29 is 28.2 Å². The van der Waals surface area contributed by atoms with Gasteiger partial charge in [-0.3, -0.25) is 10.2 Å². The van der Waals surface area contributed by atoms with Crippen molar-refractivity contribution in [2.24, 2.45) is 5.84 Å². The monoisotopic (exact) mass is 428 g/mol. The minimum Gasteiger partial charge on any atom is -0.493 e. The topological polar surface area (TPSA) is 127 Å². The van der Waals surface area contributed by atoms with E-state index in [2.05, 4.69) is 0 Å². The molecule has 1 fully saturated rings. The minimum atomic E-state index is -0.699. The Labute approximate surface area is 178 Å². The highest BCUT2D eigenvalue weighted by molar-refractivity contribution is 5.96. The lowest BCUT2D eigenvalue weighted by Crippen LogP contribution is -2.30. The molecule has 9 nitrogen and oxygen atoms in total. The maximum Gasteiger partial charge on any atom is 0.409 e. The van der Waals surface area contributed by atoms with E-state index in [0.29, 0.717) is 37.4 Å². The van der Waals surface area contributed by atoms with Crippen molar-refractivity contribution in [3.05, 3.63) is 52.8 Å². The Hall–Kier alpha value is -3.84. The summed E-state index contributed by atoms with van der Waals surface area (Å²) in [6.07, 6.45) is 0.225. The SMILES string of the molecule is Cc1cc(C#N)c(Oc2ccc(OCCCN3CCOC3=O)cc2F)cc1C(=O)NN. The van der Waals surface area contributed by atoms with Crippen molar-refractivity contribution >= 4 is 12.0 Å². The van der Waals surface area contributed by atoms with E-state index >= 15 is 0 Å². The van der Waals surface area contributed by atoms with E-state index in [-0.39, 0.29) is 35.3 Å². The largest absolute Gasteiger partial charge is 0.493 e. The Morgan fingerprint density at radius 3 is 2.81 bits per heavy atom. The zero-order chi connectivity index (χ0) is 22.4. The lowest BCUT2D eigenvalue weighted by Gasteiger charge is -2.14. The van der Waals surface area contributed by atoms with Crippen LogP contribution in [0.5, 0.6) is 17.2 Å². The number of hydrogen-bond acceptors (Lipinski definition) is 7. The van der Waals surface area contributed by atoms with E-state index in [0.717, 1.165) is 6.07 Å². The van der Waals surface area contributed by atoms with E-state index in [4.69, 9.17) is 20.1 Å². The van der Waals surface area contributed by atoms with Gasteiger partial charge in [-0.05, 0) is 43.2 Å². The molecule has 2 amide bonds. The molecular formula is C21H21FN4O5. The molecule has 0 saturated carbocycles. The summed E-state index contributed by atoms with van der Waals surface area (Å²) < 4.78 is 30.4. The van der Waals surface area contributed by atoms with Gasteiger partial charge in [0.2, 0.25) is 0 Å². The minimum absolute atomic E-state index is 0.0248. The summed E-state index contributed by atoms with van der Waals surface area (Å²) in [5.74, 6) is 4.10. The van der Waals surface area contributed by atoms with Gasteiger partial charge in [0.05, 0.1) is 18.7 Å². The molecular weight excluding hydrogens is 407 g/mol. The summed E-state index contributed by atoms with van der Waals surface area (Å²) >= 11 is 0. The first kappa shape index (κ1) is 21.9. The number of cyclic esters (lactones) is 1. The third kappa shape index (κ3) is 5.21. The van der Waals surface area contributed by atoms with Crippen molar-refractivity contribution in [3.8, 4) is 23.3 Å². The van der Waals surface area contributed by atoms with Gasteiger partial charge < -0.3 is 19.1 Å². The molecule has 3 rings (SSSR count). The number of carbonyl (C=O) groups is 2. The van der Waals surface area contributed by atoms with Crippen LogP contribution in [0.2, 0.25) is 0 Å². The average Bonchev–Trinajstić information content (AvgIpc) is 3.17. The standard InChI is InChI=1S/C21H21FN4O5/c1-13-9-14(12-23)19(11-16(13)20(27)25-24)31-18-4-3-15(10-17(18)22)29-7-2-5-26-6-8-30-21(26)28/h3-4,9-11H,2,5-8,24H2,1H3,(H,25,27). The number of hydrazine groups is 1. The number of amides is 2. The number of carbonyl (C=O) groups excluding carboxylic acids is 2. The third-order valence-corrected chi connectivity index (χ3v) is 4.63. The molecule has 1 saturated heterocycles. The van der Waals surface area contributed by atoms with Gasteiger partial charge in [-0.1, -0.05) is 0 Å². The summed E-state index contributed by atoms with van der Waals surface area (Å²) in [4.78, 5) is 24.8. The van der Waals surface area contributed by atoms with Crippen LogP contribution in [-0.2, 0) is 4.74 Å². The van der Waals surface area contributed by atoms with Crippen LogP contribution in [0.25, 0.3) is 0 Å². The van der Waals surface area contributed by atoms with Gasteiger partial charge >= 0.3 is 6.09 Å². The molecule has 2 aromatic carbocycles. The fourth-order valence-corrected chi connectivity index (χ4v) is 3.03. The average molecular weight is 428 g/mol. The Kier molecular flexibility index (Phi) is 6.89. The highest BCUT2D eigenvalue weighted by Gasteiger charge is 2.21. The molecule has 0 atom stereocenters. The predicted molar refractivity (Wildman–Crippen MR) is 107 cm³/mol. The lowest BCUT2D eigenvalue weighted by molar-refractivity contribution is 0.0952. The number of nitriles is 1. The third-order valence-electron chi connectivity index (χ3n) is 4.63. The molecule has 0 unspecified atom stereocenters. The summed E-state index contributed by atoms with van der Waals surface area (Å²) in [7, 11) is 0. The maximum atomic E-state index is 14.5. The molecule has 2 aromatic rings. The van der Waals surface area contributed by atoms with Crippen molar-refractivity contribution in [1.29, 1.82) is 5.26 Å². The Balaban J connectivity index is 1.65. The summed E-state index contributed by atoms with van der Waals surface area (Å²) in [5, 5.41) is 9.34. The Bertz CT molecular complexity index is 1040. The number of nitrogen functional groups attached to an aromatic ring is 1. The zero-order valence-corrected chi connectivity index (χ0v) is 16.8. The zero-order valence-electron chi connectivity index (χ0n) is 16.8. The fourth-order valence-electron chi connectivity index (χ4n) is 3.03. The van der Waals surface area contributed by atoms with Gasteiger partial charge in [0.15, 0.2) is 11.6 Å². The van der Waals surface area contributed by atoms with Crippen molar-refractivity contribution in [2.75, 3.05) is 26.3 Å². The van der Waals surface area contributed by atoms with Crippen molar-refractivity contribution in [3.63, 3.8) is 0 Å². The number of aryl methyl sites for hydroxylation is 1. The normalized spacial score (nSPS) is 12.8. The van der Waals surface area contributed by atoms with Crippen LogP contribution in [-0.4, -0.2) is 43.2 Å². The molecule has 0 spiro atoms. The maximum absolute atomic E-state index is 14.5. The quantitative estimate of drug-likeness (QED) is 0.286. The molecule has 162 valence electrons. The second-order valence-corrected chi connectivity index (χ2v) is 6.75. The first-order chi connectivity index (χ1) is 14.9. The number of benzene rings is 2. The fraction of sp³-hybridized carbons (Fsp3) is 0.286. The molecule has 1 aliphatic rings. The van der Waals surface area contributed by atoms with Crippen molar-refractivity contribution in [2.45, 2.75) is 13.3 Å². The van der Waals surface area contributed by atoms with Crippen LogP contribution in [0.4, 0.5) is 9.18 Å². The molecule has 10 heteroatoms. The van der Waals surface area contributed by atoms with Crippen molar-refractivity contribution in [1.82, 2.24) is 10.3 Å². The number of ether oxygens (including phenoxy) is 3. The Morgan fingerprint density at radius 1 is 1.35 bits per heavy atom. The predicted octanol–water partition coefficient (Wildman–Crippen LogP) is 2.62. The number of nitrogens with zero attached hydrogens (tertiary/aromatic N) is 2. The molecule has 3 N–H and O–H groups in total. The smallest absolute Gasteiger partial charge is 0.409 e. The molecule has 0 radical (unpaired) electrons. The number of nitrogens with two attached hydrogens (primary N) is 1. The van der Waals surface area contributed by atoms with Gasteiger partial charge in [-0.25, -0.2) is 15.0 Å². The van der Waals surface area contributed by atoms with Gasteiger partial charge in [0.1, 0.15) is 24.2 Å². The molecule has 1 aliphatic heterocycles. The summed E-state index contributed by atoms with van der Waals surface area (Å²) in [6.45, 7) is 3.37.